The van der Waals surface area contributed by atoms with E-state index < -0.39 is 0 Å². The molecule has 13 rings (SSSR count). The van der Waals surface area contributed by atoms with Crippen molar-refractivity contribution in [2.24, 2.45) is 0 Å². The summed E-state index contributed by atoms with van der Waals surface area (Å²) in [5.74, 6) is 0. The zero-order valence-corrected chi connectivity index (χ0v) is 31.5. The van der Waals surface area contributed by atoms with Crippen LogP contribution in [0.2, 0.25) is 0 Å². The smallest absolute Gasteiger partial charge is 0.147 e. The SMILES string of the molecule is c1ccc2c(c1)oc1cc(-c3ccc(N(c4ccc(-c5cccc6oc7ccc8c9ccccc9oc8c7c56)cc4)c4cccc5oc6ccccc6c45)cc3)ccc12. The van der Waals surface area contributed by atoms with Crippen molar-refractivity contribution in [3.63, 3.8) is 0 Å². The van der Waals surface area contributed by atoms with Crippen LogP contribution in [0.15, 0.2) is 206 Å². The predicted molar refractivity (Wildman–Crippen MR) is 241 cm³/mol. The summed E-state index contributed by atoms with van der Waals surface area (Å²) in [5.41, 5.74) is 14.3. The first kappa shape index (κ1) is 32.1. The van der Waals surface area contributed by atoms with Gasteiger partial charge >= 0.3 is 0 Å². The molecule has 5 nitrogen and oxygen atoms in total. The van der Waals surface area contributed by atoms with Crippen LogP contribution in [0.1, 0.15) is 0 Å². The molecule has 0 saturated heterocycles. The molecule has 5 heteroatoms. The van der Waals surface area contributed by atoms with Crippen LogP contribution < -0.4 is 4.90 Å². The first-order chi connectivity index (χ1) is 29.2. The monoisotopic (exact) mass is 757 g/mol. The van der Waals surface area contributed by atoms with E-state index in [4.69, 9.17) is 17.7 Å². The second-order valence-corrected chi connectivity index (χ2v) is 15.2. The van der Waals surface area contributed by atoms with E-state index in [0.717, 1.165) is 127 Å². The highest BCUT2D eigenvalue weighted by atomic mass is 16.3. The molecule has 13 aromatic rings. The van der Waals surface area contributed by atoms with Crippen molar-refractivity contribution in [1.29, 1.82) is 0 Å². The standard InChI is InChI=1S/C54H31NO4/c1-4-14-44-38(9-1)40-28-23-34(31-50(40)57-44)32-19-24-35(25-20-32)55(43-13-8-18-47-51(43)42-11-3-6-16-46(42)56-47)36-26-21-33(22-27-36)37-12-7-17-48-52(37)53-49(58-48)30-29-41-39-10-2-5-15-45(39)59-54(41)53/h1-31H. The van der Waals surface area contributed by atoms with E-state index in [-0.39, 0.29) is 0 Å². The van der Waals surface area contributed by atoms with Gasteiger partial charge in [-0.3, -0.25) is 0 Å². The molecule has 0 spiro atoms. The van der Waals surface area contributed by atoms with Crippen molar-refractivity contribution < 1.29 is 17.7 Å². The quantitative estimate of drug-likeness (QED) is 0.175. The van der Waals surface area contributed by atoms with Crippen LogP contribution in [-0.2, 0) is 0 Å². The maximum Gasteiger partial charge on any atom is 0.147 e. The van der Waals surface area contributed by atoms with Gasteiger partial charge in [-0.15, -0.1) is 0 Å². The fourth-order valence-electron chi connectivity index (χ4n) is 9.19. The Morgan fingerprint density at radius 1 is 0.288 bits per heavy atom. The third-order valence-electron chi connectivity index (χ3n) is 11.9. The molecule has 0 amide bonds. The third-order valence-corrected chi connectivity index (χ3v) is 11.9. The van der Waals surface area contributed by atoms with Crippen LogP contribution in [0.25, 0.3) is 110 Å². The molecule has 0 bridgehead atoms. The van der Waals surface area contributed by atoms with E-state index >= 15 is 0 Å². The van der Waals surface area contributed by atoms with Gasteiger partial charge in [-0.25, -0.2) is 0 Å². The molecule has 0 fully saturated rings. The van der Waals surface area contributed by atoms with Crippen molar-refractivity contribution in [3.8, 4) is 22.3 Å². The van der Waals surface area contributed by atoms with Gasteiger partial charge in [0.2, 0.25) is 0 Å². The second-order valence-electron chi connectivity index (χ2n) is 15.2. The normalized spacial score (nSPS) is 12.1. The maximum atomic E-state index is 6.52. The minimum atomic E-state index is 0.809. The topological polar surface area (TPSA) is 55.8 Å². The minimum absolute atomic E-state index is 0.809. The van der Waals surface area contributed by atoms with E-state index in [0.29, 0.717) is 0 Å². The number of rotatable bonds is 5. The third kappa shape index (κ3) is 4.79. The lowest BCUT2D eigenvalue weighted by atomic mass is 9.98. The Balaban J connectivity index is 0.958. The number of hydrogen-bond acceptors (Lipinski definition) is 5. The summed E-state index contributed by atoms with van der Waals surface area (Å²) >= 11 is 0. The molecular weight excluding hydrogens is 727 g/mol. The largest absolute Gasteiger partial charge is 0.456 e. The average Bonchev–Trinajstić information content (AvgIpc) is 4.06. The molecule has 0 N–H and O–H groups in total. The predicted octanol–water partition coefficient (Wildman–Crippen LogP) is 16.1. The summed E-state index contributed by atoms with van der Waals surface area (Å²) in [6.07, 6.45) is 0. The van der Waals surface area contributed by atoms with E-state index in [1.54, 1.807) is 0 Å². The van der Waals surface area contributed by atoms with Crippen LogP contribution in [-0.4, -0.2) is 0 Å². The molecule has 0 radical (unpaired) electrons. The van der Waals surface area contributed by atoms with Crippen molar-refractivity contribution >= 4 is 105 Å². The number of nitrogens with zero attached hydrogens (tertiary/aromatic N) is 1. The van der Waals surface area contributed by atoms with Gasteiger partial charge in [-0.1, -0.05) is 103 Å². The van der Waals surface area contributed by atoms with Gasteiger partial charge in [0, 0.05) is 43.7 Å². The fourth-order valence-corrected chi connectivity index (χ4v) is 9.19. The summed E-state index contributed by atoms with van der Waals surface area (Å²) in [6, 6.07) is 65.5. The number of furan rings is 4. The molecule has 0 aliphatic heterocycles. The van der Waals surface area contributed by atoms with Gasteiger partial charge in [0.25, 0.3) is 0 Å². The molecule has 0 atom stereocenters. The number of fused-ring (bicyclic) bond motifs is 13. The van der Waals surface area contributed by atoms with Crippen molar-refractivity contribution in [2.75, 3.05) is 4.90 Å². The van der Waals surface area contributed by atoms with E-state index in [2.05, 4.69) is 144 Å². The van der Waals surface area contributed by atoms with Crippen LogP contribution in [0.4, 0.5) is 17.1 Å². The van der Waals surface area contributed by atoms with E-state index in [1.165, 1.54) is 0 Å². The minimum Gasteiger partial charge on any atom is -0.456 e. The highest BCUT2D eigenvalue weighted by Crippen LogP contribution is 2.46. The lowest BCUT2D eigenvalue weighted by Crippen LogP contribution is -2.10. The molecule has 0 saturated carbocycles. The Morgan fingerprint density at radius 3 is 1.56 bits per heavy atom. The van der Waals surface area contributed by atoms with Crippen molar-refractivity contribution in [3.05, 3.63) is 188 Å². The lowest BCUT2D eigenvalue weighted by Gasteiger charge is -2.26. The molecule has 276 valence electrons. The summed E-state index contributed by atoms with van der Waals surface area (Å²) in [4.78, 5) is 2.33. The fraction of sp³-hybridized carbons (Fsp3) is 0. The number of benzene rings is 9. The highest BCUT2D eigenvalue weighted by molar-refractivity contribution is 6.25. The Kier molecular flexibility index (Phi) is 6.66. The zero-order chi connectivity index (χ0) is 38.6. The summed E-state index contributed by atoms with van der Waals surface area (Å²) in [5, 5.41) is 8.61. The van der Waals surface area contributed by atoms with Gasteiger partial charge in [0.15, 0.2) is 0 Å². The summed E-state index contributed by atoms with van der Waals surface area (Å²) in [7, 11) is 0. The van der Waals surface area contributed by atoms with Crippen LogP contribution in [0.3, 0.4) is 0 Å². The van der Waals surface area contributed by atoms with E-state index in [9.17, 15) is 0 Å². The molecule has 4 heterocycles. The second kappa shape index (κ2) is 12.2. The zero-order valence-electron chi connectivity index (χ0n) is 31.5. The maximum absolute atomic E-state index is 6.52. The first-order valence-electron chi connectivity index (χ1n) is 19.8. The van der Waals surface area contributed by atoms with Crippen molar-refractivity contribution in [2.45, 2.75) is 0 Å². The van der Waals surface area contributed by atoms with Gasteiger partial charge in [-0.05, 0) is 107 Å². The van der Waals surface area contributed by atoms with E-state index in [1.807, 2.05) is 48.5 Å². The molecule has 4 aromatic heterocycles. The summed E-state index contributed by atoms with van der Waals surface area (Å²) < 4.78 is 25.6. The Morgan fingerprint density at radius 2 is 0.797 bits per heavy atom. The molecule has 0 unspecified atom stereocenters. The summed E-state index contributed by atoms with van der Waals surface area (Å²) in [6.45, 7) is 0. The molecule has 0 aliphatic carbocycles. The number of hydrogen-bond donors (Lipinski definition) is 0. The van der Waals surface area contributed by atoms with Crippen molar-refractivity contribution in [1.82, 2.24) is 0 Å². The van der Waals surface area contributed by atoms with Crippen LogP contribution >= 0.6 is 0 Å². The highest BCUT2D eigenvalue weighted by Gasteiger charge is 2.22. The lowest BCUT2D eigenvalue weighted by molar-refractivity contribution is 0.662. The first-order valence-corrected chi connectivity index (χ1v) is 19.8. The average molecular weight is 758 g/mol. The molecular formula is C54H31NO4. The molecule has 9 aromatic carbocycles. The Hall–Kier alpha value is -8.02. The van der Waals surface area contributed by atoms with Crippen LogP contribution in [0.5, 0.6) is 0 Å². The molecule has 0 aliphatic rings. The number of para-hydroxylation sites is 3. The van der Waals surface area contributed by atoms with Gasteiger partial charge < -0.3 is 22.6 Å². The number of anilines is 3. The Bertz CT molecular complexity index is 3790. The Labute approximate surface area is 336 Å². The van der Waals surface area contributed by atoms with Crippen LogP contribution in [0, 0.1) is 0 Å². The van der Waals surface area contributed by atoms with Gasteiger partial charge in [-0.2, -0.15) is 0 Å². The van der Waals surface area contributed by atoms with Gasteiger partial charge in [0.1, 0.15) is 44.7 Å². The molecule has 59 heavy (non-hydrogen) atoms. The van der Waals surface area contributed by atoms with Gasteiger partial charge in [0.05, 0.1) is 16.5 Å².